The van der Waals surface area contributed by atoms with Crippen molar-refractivity contribution in [1.29, 1.82) is 0 Å². The van der Waals surface area contributed by atoms with Gasteiger partial charge >= 0.3 is 0 Å². The summed E-state index contributed by atoms with van der Waals surface area (Å²) in [5.74, 6) is 1.84. The fourth-order valence-corrected chi connectivity index (χ4v) is 2.66. The maximum Gasteiger partial charge on any atom is 0.184 e. The molecule has 4 nitrogen and oxygen atoms in total. The summed E-state index contributed by atoms with van der Waals surface area (Å²) in [5.41, 5.74) is 3.81. The van der Waals surface area contributed by atoms with E-state index < -0.39 is 0 Å². The molecule has 0 unspecified atom stereocenters. The van der Waals surface area contributed by atoms with Crippen molar-refractivity contribution >= 4 is 5.69 Å². The first-order chi connectivity index (χ1) is 8.77. The highest BCUT2D eigenvalue weighted by atomic mass is 16.6. The van der Waals surface area contributed by atoms with Crippen molar-refractivity contribution in [3.8, 4) is 11.5 Å². The van der Waals surface area contributed by atoms with Crippen LogP contribution in [0.25, 0.3) is 0 Å². The van der Waals surface area contributed by atoms with Gasteiger partial charge in [-0.05, 0) is 31.0 Å². The zero-order valence-electron chi connectivity index (χ0n) is 11.1. The third kappa shape index (κ3) is 1.90. The topological polar surface area (TPSA) is 33.7 Å². The molecule has 1 aromatic rings. The van der Waals surface area contributed by atoms with E-state index in [-0.39, 0.29) is 0 Å². The third-order valence-electron chi connectivity index (χ3n) is 3.75. The monoisotopic (exact) mass is 248 g/mol. The molecule has 2 aliphatic heterocycles. The summed E-state index contributed by atoms with van der Waals surface area (Å²) < 4.78 is 11.6. The van der Waals surface area contributed by atoms with Crippen LogP contribution in [0.4, 0.5) is 5.69 Å². The fourth-order valence-electron chi connectivity index (χ4n) is 2.66. The minimum Gasteiger partial charge on any atom is -0.486 e. The molecule has 0 bridgehead atoms. The van der Waals surface area contributed by atoms with Gasteiger partial charge in [0.1, 0.15) is 13.2 Å². The number of benzene rings is 1. The zero-order valence-corrected chi connectivity index (χ0v) is 11.1. The number of ether oxygens (including phenoxy) is 2. The Bertz CT molecular complexity index is 454. The van der Waals surface area contributed by atoms with E-state index in [1.807, 2.05) is 0 Å². The van der Waals surface area contributed by atoms with E-state index in [4.69, 9.17) is 9.47 Å². The highest BCUT2D eigenvalue weighted by molar-refractivity contribution is 5.71. The maximum atomic E-state index is 5.86. The lowest BCUT2D eigenvalue weighted by Crippen LogP contribution is -2.44. The minimum absolute atomic E-state index is 0.647. The molecule has 0 saturated carbocycles. The molecule has 2 heterocycles. The SMILES string of the molecule is Cc1cc2c(c(N3CCNCC3)c1C)OCCO2. The molecular formula is C14H20N2O2. The summed E-state index contributed by atoms with van der Waals surface area (Å²) in [5, 5.41) is 3.38. The Kier molecular flexibility index (Phi) is 3.04. The summed E-state index contributed by atoms with van der Waals surface area (Å²) in [6.07, 6.45) is 0. The predicted octanol–water partition coefficient (Wildman–Crippen LogP) is 1.48. The molecule has 2 aliphatic rings. The van der Waals surface area contributed by atoms with Gasteiger partial charge in [-0.15, -0.1) is 0 Å². The molecule has 0 aromatic heterocycles. The van der Waals surface area contributed by atoms with Gasteiger partial charge in [-0.1, -0.05) is 0 Å². The van der Waals surface area contributed by atoms with Crippen LogP contribution in [-0.4, -0.2) is 39.4 Å². The maximum absolute atomic E-state index is 5.86. The number of nitrogens with one attached hydrogen (secondary N) is 1. The van der Waals surface area contributed by atoms with E-state index in [2.05, 4.69) is 30.1 Å². The molecular weight excluding hydrogens is 228 g/mol. The highest BCUT2D eigenvalue weighted by Crippen LogP contribution is 2.43. The molecule has 0 atom stereocenters. The number of piperazine rings is 1. The van der Waals surface area contributed by atoms with E-state index in [1.165, 1.54) is 16.8 Å². The van der Waals surface area contributed by atoms with Crippen molar-refractivity contribution in [3.05, 3.63) is 17.2 Å². The average Bonchev–Trinajstić information content (AvgIpc) is 2.41. The summed E-state index contributed by atoms with van der Waals surface area (Å²) in [6, 6.07) is 2.09. The number of hydrogen-bond acceptors (Lipinski definition) is 4. The van der Waals surface area contributed by atoms with Crippen molar-refractivity contribution in [3.63, 3.8) is 0 Å². The molecule has 4 heteroatoms. The Morgan fingerprint density at radius 3 is 2.61 bits per heavy atom. The van der Waals surface area contributed by atoms with Crippen molar-refractivity contribution < 1.29 is 9.47 Å². The summed E-state index contributed by atoms with van der Waals surface area (Å²) in [7, 11) is 0. The van der Waals surface area contributed by atoms with Crippen molar-refractivity contribution in [2.45, 2.75) is 13.8 Å². The summed E-state index contributed by atoms with van der Waals surface area (Å²) >= 11 is 0. The second kappa shape index (κ2) is 4.69. The summed E-state index contributed by atoms with van der Waals surface area (Å²) in [4.78, 5) is 2.41. The number of hydrogen-bond donors (Lipinski definition) is 1. The number of nitrogens with zero attached hydrogens (tertiary/aromatic N) is 1. The first kappa shape index (κ1) is 11.7. The van der Waals surface area contributed by atoms with E-state index in [0.29, 0.717) is 13.2 Å². The van der Waals surface area contributed by atoms with E-state index >= 15 is 0 Å². The molecule has 1 aromatic carbocycles. The molecule has 98 valence electrons. The standard InChI is InChI=1S/C14H20N2O2/c1-10-9-12-14(18-8-7-17-12)13(11(10)2)16-5-3-15-4-6-16/h9,15H,3-8H2,1-2H3. The lowest BCUT2D eigenvalue weighted by atomic mass is 10.0. The van der Waals surface area contributed by atoms with E-state index in [0.717, 1.165) is 37.7 Å². The van der Waals surface area contributed by atoms with Crippen LogP contribution in [0.1, 0.15) is 11.1 Å². The van der Waals surface area contributed by atoms with Gasteiger partial charge in [0.15, 0.2) is 11.5 Å². The van der Waals surface area contributed by atoms with Crippen LogP contribution in [0, 0.1) is 13.8 Å². The fraction of sp³-hybridized carbons (Fsp3) is 0.571. The lowest BCUT2D eigenvalue weighted by molar-refractivity contribution is 0.171. The molecule has 0 aliphatic carbocycles. The van der Waals surface area contributed by atoms with E-state index in [1.54, 1.807) is 0 Å². The van der Waals surface area contributed by atoms with Crippen molar-refractivity contribution in [1.82, 2.24) is 5.32 Å². The van der Waals surface area contributed by atoms with Crippen LogP contribution in [0.2, 0.25) is 0 Å². The first-order valence-corrected chi connectivity index (χ1v) is 6.63. The van der Waals surface area contributed by atoms with Crippen molar-refractivity contribution in [2.75, 3.05) is 44.3 Å². The first-order valence-electron chi connectivity index (χ1n) is 6.63. The van der Waals surface area contributed by atoms with Crippen LogP contribution in [0.5, 0.6) is 11.5 Å². The predicted molar refractivity (Wildman–Crippen MR) is 72.0 cm³/mol. The largest absolute Gasteiger partial charge is 0.486 e. The van der Waals surface area contributed by atoms with Gasteiger partial charge in [-0.25, -0.2) is 0 Å². The number of anilines is 1. The summed E-state index contributed by atoms with van der Waals surface area (Å²) in [6.45, 7) is 9.72. The van der Waals surface area contributed by atoms with Gasteiger partial charge in [0.2, 0.25) is 0 Å². The Morgan fingerprint density at radius 1 is 1.11 bits per heavy atom. The van der Waals surface area contributed by atoms with Crippen LogP contribution in [0.3, 0.4) is 0 Å². The van der Waals surface area contributed by atoms with Crippen molar-refractivity contribution in [2.24, 2.45) is 0 Å². The Hall–Kier alpha value is -1.42. The lowest BCUT2D eigenvalue weighted by Gasteiger charge is -2.34. The van der Waals surface area contributed by atoms with Crippen LogP contribution in [-0.2, 0) is 0 Å². The Morgan fingerprint density at radius 2 is 1.83 bits per heavy atom. The van der Waals surface area contributed by atoms with Gasteiger partial charge in [-0.3, -0.25) is 0 Å². The van der Waals surface area contributed by atoms with Crippen LogP contribution in [0.15, 0.2) is 6.07 Å². The second-order valence-corrected chi connectivity index (χ2v) is 4.93. The minimum atomic E-state index is 0.647. The van der Waals surface area contributed by atoms with Crippen LogP contribution < -0.4 is 19.7 Å². The number of fused-ring (bicyclic) bond motifs is 1. The highest BCUT2D eigenvalue weighted by Gasteiger charge is 2.24. The van der Waals surface area contributed by atoms with Gasteiger partial charge in [0, 0.05) is 26.2 Å². The Labute approximate surface area is 108 Å². The normalized spacial score (nSPS) is 18.9. The average molecular weight is 248 g/mol. The van der Waals surface area contributed by atoms with E-state index in [9.17, 15) is 0 Å². The van der Waals surface area contributed by atoms with Crippen LogP contribution >= 0.6 is 0 Å². The zero-order chi connectivity index (χ0) is 12.5. The van der Waals surface area contributed by atoms with Gasteiger partial charge in [0.05, 0.1) is 5.69 Å². The number of rotatable bonds is 1. The molecule has 0 spiro atoms. The molecule has 1 N–H and O–H groups in total. The number of aryl methyl sites for hydroxylation is 1. The molecule has 0 amide bonds. The molecule has 18 heavy (non-hydrogen) atoms. The molecule has 3 rings (SSSR count). The van der Waals surface area contributed by atoms with Gasteiger partial charge in [-0.2, -0.15) is 0 Å². The van der Waals surface area contributed by atoms with Gasteiger partial charge in [0.25, 0.3) is 0 Å². The molecule has 1 saturated heterocycles. The Balaban J connectivity index is 2.07. The third-order valence-corrected chi connectivity index (χ3v) is 3.75. The second-order valence-electron chi connectivity index (χ2n) is 4.93. The van der Waals surface area contributed by atoms with Gasteiger partial charge < -0.3 is 19.7 Å². The quantitative estimate of drug-likeness (QED) is 0.816. The smallest absolute Gasteiger partial charge is 0.184 e. The molecule has 1 fully saturated rings. The molecule has 0 radical (unpaired) electrons.